The fourth-order valence-corrected chi connectivity index (χ4v) is 5.14. The molecule has 0 aliphatic carbocycles. The van der Waals surface area contributed by atoms with Crippen LogP contribution in [0.1, 0.15) is 13.8 Å². The topological polar surface area (TPSA) is 42.3 Å². The van der Waals surface area contributed by atoms with Gasteiger partial charge >= 0.3 is 0 Å². The molecule has 2 aromatic carbocycles. The zero-order chi connectivity index (χ0) is 23.8. The van der Waals surface area contributed by atoms with Crippen LogP contribution in [-0.2, 0) is 7.05 Å². The summed E-state index contributed by atoms with van der Waals surface area (Å²) in [5.74, 6) is 0.673. The van der Waals surface area contributed by atoms with Gasteiger partial charge in [-0.25, -0.2) is 4.98 Å². The van der Waals surface area contributed by atoms with Crippen LogP contribution in [0.25, 0.3) is 33.4 Å². The second-order valence-corrected chi connectivity index (χ2v) is 9.68. The molecule has 5 nitrogen and oxygen atoms in total. The molecule has 1 aliphatic heterocycles. The lowest BCUT2D eigenvalue weighted by Crippen LogP contribution is -2.43. The standard InChI is InChI=1S/C27H28Cl2N4O/c1-17(2)34-23-9-6-19(16-22(23)29)24-25-21(28)10-11-31-27(25)32(3)26(24)18-4-7-20(8-5-18)33-14-12-30-13-15-33/h4-11,16-17,30H,12-15H2,1-3H3. The summed E-state index contributed by atoms with van der Waals surface area (Å²) in [4.78, 5) is 7.06. The molecule has 0 amide bonds. The summed E-state index contributed by atoms with van der Waals surface area (Å²) >= 11 is 13.4. The third-order valence-electron chi connectivity index (χ3n) is 6.23. The van der Waals surface area contributed by atoms with Gasteiger partial charge in [-0.3, -0.25) is 0 Å². The van der Waals surface area contributed by atoms with E-state index >= 15 is 0 Å². The van der Waals surface area contributed by atoms with Gasteiger partial charge in [-0.1, -0.05) is 41.4 Å². The highest BCUT2D eigenvalue weighted by Gasteiger charge is 2.22. The summed E-state index contributed by atoms with van der Waals surface area (Å²) in [7, 11) is 2.03. The van der Waals surface area contributed by atoms with Gasteiger partial charge in [0.2, 0.25) is 0 Å². The normalized spacial score (nSPS) is 14.2. The zero-order valence-electron chi connectivity index (χ0n) is 19.6. The fourth-order valence-electron chi connectivity index (χ4n) is 4.68. The number of fused-ring (bicyclic) bond motifs is 1. The number of pyridine rings is 1. The first-order valence-electron chi connectivity index (χ1n) is 11.6. The number of hydrogen-bond donors (Lipinski definition) is 1. The smallest absolute Gasteiger partial charge is 0.142 e. The van der Waals surface area contributed by atoms with Crippen LogP contribution < -0.4 is 15.0 Å². The molecule has 1 fully saturated rings. The Kier molecular flexibility index (Phi) is 6.43. The molecule has 1 N–H and O–H groups in total. The number of hydrogen-bond acceptors (Lipinski definition) is 4. The van der Waals surface area contributed by atoms with Crippen molar-refractivity contribution < 1.29 is 4.74 Å². The Morgan fingerprint density at radius 3 is 2.32 bits per heavy atom. The van der Waals surface area contributed by atoms with E-state index in [1.165, 1.54) is 5.69 Å². The van der Waals surface area contributed by atoms with Gasteiger partial charge < -0.3 is 19.5 Å². The largest absolute Gasteiger partial charge is 0.489 e. The Morgan fingerprint density at radius 2 is 1.65 bits per heavy atom. The predicted molar refractivity (Wildman–Crippen MR) is 142 cm³/mol. The van der Waals surface area contributed by atoms with Gasteiger partial charge in [-0.15, -0.1) is 0 Å². The quantitative estimate of drug-likeness (QED) is 0.348. The van der Waals surface area contributed by atoms with Crippen molar-refractivity contribution in [3.8, 4) is 28.1 Å². The average Bonchev–Trinajstić information content (AvgIpc) is 3.14. The van der Waals surface area contributed by atoms with Gasteiger partial charge in [0.15, 0.2) is 0 Å². The second-order valence-electron chi connectivity index (χ2n) is 8.87. The minimum absolute atomic E-state index is 0.0457. The van der Waals surface area contributed by atoms with E-state index in [1.807, 2.05) is 45.2 Å². The van der Waals surface area contributed by atoms with Crippen LogP contribution in [0.2, 0.25) is 10.0 Å². The van der Waals surface area contributed by atoms with Gasteiger partial charge in [0.1, 0.15) is 11.4 Å². The van der Waals surface area contributed by atoms with E-state index in [4.69, 9.17) is 27.9 Å². The van der Waals surface area contributed by atoms with Crippen LogP contribution in [0.15, 0.2) is 54.7 Å². The van der Waals surface area contributed by atoms with Crippen molar-refractivity contribution in [3.05, 3.63) is 64.8 Å². The molecule has 0 saturated carbocycles. The lowest BCUT2D eigenvalue weighted by Gasteiger charge is -2.29. The second kappa shape index (κ2) is 9.49. The minimum Gasteiger partial charge on any atom is -0.489 e. The highest BCUT2D eigenvalue weighted by molar-refractivity contribution is 6.37. The number of nitrogens with one attached hydrogen (secondary N) is 1. The number of aromatic nitrogens is 2. The lowest BCUT2D eigenvalue weighted by molar-refractivity contribution is 0.242. The molecule has 34 heavy (non-hydrogen) atoms. The SMILES string of the molecule is CC(C)Oc1ccc(-c2c(-c3ccc(N4CCNCC4)cc3)n(C)c3nccc(Cl)c23)cc1Cl. The molecule has 0 spiro atoms. The lowest BCUT2D eigenvalue weighted by atomic mass is 9.98. The Balaban J connectivity index is 1.66. The van der Waals surface area contributed by atoms with E-state index in [0.717, 1.165) is 59.6 Å². The molecular weight excluding hydrogens is 467 g/mol. The summed E-state index contributed by atoms with van der Waals surface area (Å²) in [6, 6.07) is 16.5. The molecule has 7 heteroatoms. The van der Waals surface area contributed by atoms with E-state index < -0.39 is 0 Å². The van der Waals surface area contributed by atoms with Gasteiger partial charge in [-0.05, 0) is 55.3 Å². The molecule has 0 unspecified atom stereocenters. The summed E-state index contributed by atoms with van der Waals surface area (Å²) in [6.07, 6.45) is 1.79. The number of piperazine rings is 1. The molecule has 0 radical (unpaired) electrons. The van der Waals surface area contributed by atoms with Crippen LogP contribution in [0, 0.1) is 0 Å². The van der Waals surface area contributed by atoms with Crippen LogP contribution in [0.4, 0.5) is 5.69 Å². The highest BCUT2D eigenvalue weighted by Crippen LogP contribution is 2.44. The molecule has 176 valence electrons. The molecule has 1 saturated heterocycles. The van der Waals surface area contributed by atoms with Gasteiger partial charge in [-0.2, -0.15) is 0 Å². The Bertz CT molecular complexity index is 1320. The number of halogens is 2. The van der Waals surface area contributed by atoms with Crippen molar-refractivity contribution in [3.63, 3.8) is 0 Å². The number of rotatable bonds is 5. The molecule has 2 aromatic heterocycles. The van der Waals surface area contributed by atoms with E-state index in [2.05, 4.69) is 44.0 Å². The van der Waals surface area contributed by atoms with Gasteiger partial charge in [0, 0.05) is 56.1 Å². The van der Waals surface area contributed by atoms with Crippen molar-refractivity contribution in [1.29, 1.82) is 0 Å². The summed E-state index contributed by atoms with van der Waals surface area (Å²) in [5, 5.41) is 5.56. The minimum atomic E-state index is 0.0457. The molecule has 3 heterocycles. The van der Waals surface area contributed by atoms with Crippen molar-refractivity contribution in [2.75, 3.05) is 31.1 Å². The number of benzene rings is 2. The van der Waals surface area contributed by atoms with Gasteiger partial charge in [0.25, 0.3) is 0 Å². The Labute approximate surface area is 210 Å². The van der Waals surface area contributed by atoms with E-state index in [0.29, 0.717) is 15.8 Å². The molecule has 0 atom stereocenters. The first-order chi connectivity index (χ1) is 16.4. The summed E-state index contributed by atoms with van der Waals surface area (Å²) in [5.41, 5.74) is 6.22. The zero-order valence-corrected chi connectivity index (χ0v) is 21.1. The number of nitrogens with zero attached hydrogens (tertiary/aromatic N) is 3. The molecule has 0 bridgehead atoms. The fraction of sp³-hybridized carbons (Fsp3) is 0.296. The van der Waals surface area contributed by atoms with E-state index in [9.17, 15) is 0 Å². The van der Waals surface area contributed by atoms with E-state index in [-0.39, 0.29) is 6.10 Å². The van der Waals surface area contributed by atoms with Crippen molar-refractivity contribution in [2.45, 2.75) is 20.0 Å². The first kappa shape index (κ1) is 23.0. The number of anilines is 1. The van der Waals surface area contributed by atoms with Crippen LogP contribution in [0.3, 0.4) is 0 Å². The van der Waals surface area contributed by atoms with Crippen molar-refractivity contribution in [2.24, 2.45) is 7.05 Å². The predicted octanol–water partition coefficient (Wildman–Crippen LogP) is 6.41. The Morgan fingerprint density at radius 1 is 0.941 bits per heavy atom. The van der Waals surface area contributed by atoms with Crippen LogP contribution in [-0.4, -0.2) is 41.8 Å². The third kappa shape index (κ3) is 4.24. The van der Waals surface area contributed by atoms with Crippen LogP contribution >= 0.6 is 23.2 Å². The highest BCUT2D eigenvalue weighted by atomic mass is 35.5. The van der Waals surface area contributed by atoms with Crippen molar-refractivity contribution >= 4 is 39.9 Å². The maximum absolute atomic E-state index is 6.73. The van der Waals surface area contributed by atoms with Crippen molar-refractivity contribution in [1.82, 2.24) is 14.9 Å². The maximum Gasteiger partial charge on any atom is 0.142 e. The summed E-state index contributed by atoms with van der Waals surface area (Å²) in [6.45, 7) is 8.03. The number of aryl methyl sites for hydroxylation is 1. The Hall–Kier alpha value is -2.73. The molecular formula is C27H28Cl2N4O. The maximum atomic E-state index is 6.73. The monoisotopic (exact) mass is 494 g/mol. The molecule has 1 aliphatic rings. The van der Waals surface area contributed by atoms with E-state index in [1.54, 1.807) is 6.20 Å². The summed E-state index contributed by atoms with van der Waals surface area (Å²) < 4.78 is 7.97. The molecule has 4 aromatic rings. The molecule has 5 rings (SSSR count). The average molecular weight is 495 g/mol. The number of ether oxygens (including phenoxy) is 1. The van der Waals surface area contributed by atoms with Gasteiger partial charge in [0.05, 0.1) is 21.8 Å². The first-order valence-corrected chi connectivity index (χ1v) is 12.3. The third-order valence-corrected chi connectivity index (χ3v) is 6.84. The van der Waals surface area contributed by atoms with Crippen LogP contribution in [0.5, 0.6) is 5.75 Å².